The molecule has 2 aliphatic rings. The quantitative estimate of drug-likeness (QED) is 0.858. The highest BCUT2D eigenvalue weighted by molar-refractivity contribution is 7.05. The third-order valence-corrected chi connectivity index (χ3v) is 5.58. The van der Waals surface area contributed by atoms with Crippen LogP contribution in [-0.2, 0) is 23.3 Å². The maximum absolute atomic E-state index is 13.1. The lowest BCUT2D eigenvalue weighted by atomic mass is 9.91. The van der Waals surface area contributed by atoms with Crippen LogP contribution in [0.25, 0.3) is 0 Å². The highest BCUT2D eigenvalue weighted by Gasteiger charge is 2.55. The van der Waals surface area contributed by atoms with Crippen LogP contribution in [0.3, 0.4) is 0 Å². The van der Waals surface area contributed by atoms with Crippen LogP contribution in [-0.4, -0.2) is 33.5 Å². The van der Waals surface area contributed by atoms with Crippen LogP contribution in [0.1, 0.15) is 28.1 Å². The predicted molar refractivity (Wildman–Crippen MR) is 86.7 cm³/mol. The van der Waals surface area contributed by atoms with Gasteiger partial charge in [0.25, 0.3) is 5.91 Å². The van der Waals surface area contributed by atoms with Gasteiger partial charge in [0.05, 0.1) is 24.2 Å². The summed E-state index contributed by atoms with van der Waals surface area (Å²) >= 11 is 1.21. The van der Waals surface area contributed by atoms with Crippen molar-refractivity contribution in [3.05, 3.63) is 39.9 Å². The SMILES string of the molecule is COc1ccc2c(c1)[C@]1(CC2)NC(=O)N(Cc2snnc2C)C1=O. The van der Waals surface area contributed by atoms with Gasteiger partial charge in [0.15, 0.2) is 0 Å². The zero-order chi connectivity index (χ0) is 16.9. The number of ether oxygens (including phenoxy) is 1. The molecule has 4 rings (SSSR count). The molecule has 2 heterocycles. The minimum atomic E-state index is -0.979. The maximum Gasteiger partial charge on any atom is 0.325 e. The Morgan fingerprint density at radius 1 is 1.42 bits per heavy atom. The number of imide groups is 1. The van der Waals surface area contributed by atoms with E-state index in [-0.39, 0.29) is 18.5 Å². The maximum atomic E-state index is 13.1. The Bertz CT molecular complexity index is 850. The summed E-state index contributed by atoms with van der Waals surface area (Å²) in [5.74, 6) is 0.463. The molecule has 1 aromatic carbocycles. The van der Waals surface area contributed by atoms with Gasteiger partial charge >= 0.3 is 6.03 Å². The summed E-state index contributed by atoms with van der Waals surface area (Å²) in [6, 6.07) is 5.32. The molecule has 3 amide bonds. The fourth-order valence-corrected chi connectivity index (χ4v) is 4.04. The van der Waals surface area contributed by atoms with E-state index in [0.29, 0.717) is 12.2 Å². The molecule has 1 saturated heterocycles. The predicted octanol–water partition coefficient (Wildman–Crippen LogP) is 1.75. The molecule has 1 aliphatic heterocycles. The molecule has 1 aliphatic carbocycles. The van der Waals surface area contributed by atoms with E-state index in [1.54, 1.807) is 7.11 Å². The molecule has 7 nitrogen and oxygen atoms in total. The normalized spacial score (nSPS) is 22.2. The standard InChI is InChI=1S/C16H16N4O3S/c1-9-13(24-19-18-9)8-20-14(21)16(17-15(20)22)6-5-10-3-4-11(23-2)7-12(10)16/h3-4,7H,5-6,8H2,1-2H3,(H,17,22)/t16-/m0/s1. The van der Waals surface area contributed by atoms with Crippen molar-refractivity contribution in [3.63, 3.8) is 0 Å². The van der Waals surface area contributed by atoms with Crippen molar-refractivity contribution in [1.82, 2.24) is 19.8 Å². The van der Waals surface area contributed by atoms with Gasteiger partial charge in [-0.15, -0.1) is 5.10 Å². The summed E-state index contributed by atoms with van der Waals surface area (Å²) in [5, 5.41) is 6.85. The Kier molecular flexibility index (Phi) is 3.31. The van der Waals surface area contributed by atoms with E-state index < -0.39 is 5.54 Å². The summed E-state index contributed by atoms with van der Waals surface area (Å²) < 4.78 is 9.15. The van der Waals surface area contributed by atoms with Gasteiger partial charge in [-0.1, -0.05) is 10.6 Å². The lowest BCUT2D eigenvalue weighted by molar-refractivity contribution is -0.132. The molecule has 8 heteroatoms. The molecule has 24 heavy (non-hydrogen) atoms. The van der Waals surface area contributed by atoms with Crippen LogP contribution in [0.15, 0.2) is 18.2 Å². The van der Waals surface area contributed by atoms with Crippen LogP contribution in [0.4, 0.5) is 4.79 Å². The van der Waals surface area contributed by atoms with Crippen molar-refractivity contribution >= 4 is 23.5 Å². The highest BCUT2D eigenvalue weighted by Crippen LogP contribution is 2.43. The van der Waals surface area contributed by atoms with Gasteiger partial charge in [0, 0.05) is 0 Å². The smallest absolute Gasteiger partial charge is 0.325 e. The van der Waals surface area contributed by atoms with Crippen molar-refractivity contribution in [1.29, 1.82) is 0 Å². The Balaban J connectivity index is 1.71. The first-order valence-electron chi connectivity index (χ1n) is 7.64. The molecule has 0 saturated carbocycles. The third kappa shape index (κ3) is 2.02. The van der Waals surface area contributed by atoms with Crippen LogP contribution < -0.4 is 10.1 Å². The number of carbonyl (C=O) groups is 2. The van der Waals surface area contributed by atoms with Crippen LogP contribution >= 0.6 is 11.5 Å². The molecular weight excluding hydrogens is 328 g/mol. The molecule has 1 aromatic heterocycles. The number of urea groups is 1. The van der Waals surface area contributed by atoms with E-state index in [1.165, 1.54) is 16.4 Å². The number of methoxy groups -OCH3 is 1. The van der Waals surface area contributed by atoms with Gasteiger partial charge in [-0.05, 0) is 54.6 Å². The summed E-state index contributed by atoms with van der Waals surface area (Å²) in [6.45, 7) is 2.03. The number of aryl methyl sites for hydroxylation is 2. The van der Waals surface area contributed by atoms with Crippen molar-refractivity contribution < 1.29 is 14.3 Å². The average Bonchev–Trinajstić information content (AvgIpc) is 3.22. The van der Waals surface area contributed by atoms with Crippen molar-refractivity contribution in [2.75, 3.05) is 7.11 Å². The Labute approximate surface area is 142 Å². The molecular formula is C16H16N4O3S. The zero-order valence-corrected chi connectivity index (χ0v) is 14.1. The van der Waals surface area contributed by atoms with Crippen LogP contribution in [0, 0.1) is 6.92 Å². The van der Waals surface area contributed by atoms with Crippen LogP contribution in [0.2, 0.25) is 0 Å². The first kappa shape index (κ1) is 15.1. The molecule has 1 N–H and O–H groups in total. The Morgan fingerprint density at radius 2 is 2.25 bits per heavy atom. The fraction of sp³-hybridized carbons (Fsp3) is 0.375. The Hall–Kier alpha value is -2.48. The summed E-state index contributed by atoms with van der Waals surface area (Å²) in [5.41, 5.74) is 1.67. The van der Waals surface area contributed by atoms with E-state index in [0.717, 1.165) is 28.1 Å². The monoisotopic (exact) mass is 344 g/mol. The summed E-state index contributed by atoms with van der Waals surface area (Å²) in [6.07, 6.45) is 1.32. The lowest BCUT2D eigenvalue weighted by Crippen LogP contribution is -2.41. The van der Waals surface area contributed by atoms with E-state index in [9.17, 15) is 9.59 Å². The number of carbonyl (C=O) groups excluding carboxylic acids is 2. The number of hydrogen-bond donors (Lipinski definition) is 1. The molecule has 1 atom stereocenters. The molecule has 1 fully saturated rings. The number of rotatable bonds is 3. The zero-order valence-electron chi connectivity index (χ0n) is 13.3. The fourth-order valence-electron chi connectivity index (χ4n) is 3.42. The number of hydrogen-bond acceptors (Lipinski definition) is 6. The molecule has 1 spiro atoms. The minimum Gasteiger partial charge on any atom is -0.497 e. The van der Waals surface area contributed by atoms with E-state index in [2.05, 4.69) is 14.9 Å². The van der Waals surface area contributed by atoms with Gasteiger partial charge in [-0.2, -0.15) is 0 Å². The topological polar surface area (TPSA) is 84.4 Å². The van der Waals surface area contributed by atoms with Gasteiger partial charge in [0.1, 0.15) is 11.3 Å². The number of amides is 3. The molecule has 0 unspecified atom stereocenters. The number of nitrogens with zero attached hydrogens (tertiary/aromatic N) is 3. The largest absolute Gasteiger partial charge is 0.497 e. The molecule has 0 bridgehead atoms. The van der Waals surface area contributed by atoms with Crippen molar-refractivity contribution in [2.24, 2.45) is 0 Å². The van der Waals surface area contributed by atoms with Crippen LogP contribution in [0.5, 0.6) is 5.75 Å². The number of nitrogens with one attached hydrogen (secondary N) is 1. The second-order valence-corrected chi connectivity index (χ2v) is 6.87. The Morgan fingerprint density at radius 3 is 2.96 bits per heavy atom. The number of aromatic nitrogens is 2. The molecule has 2 aromatic rings. The molecule has 0 radical (unpaired) electrons. The van der Waals surface area contributed by atoms with Gasteiger partial charge < -0.3 is 10.1 Å². The second-order valence-electron chi connectivity index (χ2n) is 6.03. The first-order valence-corrected chi connectivity index (χ1v) is 8.42. The van der Waals surface area contributed by atoms with Crippen molar-refractivity contribution in [3.8, 4) is 5.75 Å². The third-order valence-electron chi connectivity index (χ3n) is 4.77. The summed E-state index contributed by atoms with van der Waals surface area (Å²) in [4.78, 5) is 27.7. The van der Waals surface area contributed by atoms with Gasteiger partial charge in [-0.3, -0.25) is 9.69 Å². The van der Waals surface area contributed by atoms with Gasteiger partial charge in [-0.25, -0.2) is 4.79 Å². The highest BCUT2D eigenvalue weighted by atomic mass is 32.1. The average molecular weight is 344 g/mol. The number of fused-ring (bicyclic) bond motifs is 2. The lowest BCUT2D eigenvalue weighted by Gasteiger charge is -2.22. The summed E-state index contributed by atoms with van der Waals surface area (Å²) in [7, 11) is 1.59. The molecule has 124 valence electrons. The number of benzene rings is 1. The van der Waals surface area contributed by atoms with E-state index >= 15 is 0 Å². The van der Waals surface area contributed by atoms with E-state index in [4.69, 9.17) is 4.74 Å². The second kappa shape index (κ2) is 5.27. The van der Waals surface area contributed by atoms with Gasteiger partial charge in [0.2, 0.25) is 0 Å². The van der Waals surface area contributed by atoms with E-state index in [1.807, 2.05) is 25.1 Å². The first-order chi connectivity index (χ1) is 11.5. The van der Waals surface area contributed by atoms with Crippen molar-refractivity contribution in [2.45, 2.75) is 31.8 Å². The minimum absolute atomic E-state index is 0.204.